The van der Waals surface area contributed by atoms with Gasteiger partial charge >= 0.3 is 0 Å². The molecule has 1 aromatic heterocycles. The third kappa shape index (κ3) is 2.64. The third-order valence-electron chi connectivity index (χ3n) is 4.04. The van der Waals surface area contributed by atoms with E-state index in [0.717, 1.165) is 6.20 Å². The quantitative estimate of drug-likeness (QED) is 0.851. The Morgan fingerprint density at radius 2 is 1.87 bits per heavy atom. The molecule has 1 fully saturated rings. The van der Waals surface area contributed by atoms with Crippen LogP contribution in [0.4, 0.5) is 26.3 Å². The molecule has 3 nitrogen and oxygen atoms in total. The van der Waals surface area contributed by atoms with Crippen molar-refractivity contribution in [2.75, 3.05) is 0 Å². The zero-order chi connectivity index (χ0) is 17.2. The molecule has 0 amide bonds. The standard InChI is InChI=1S/C14H13F6NO2/c1-13(17,18)12-8-7(9(15)10(16)11(8)22)6(4-21-12)23-5-2-14(19,20)3-5/h4-5,9-11,22H,2-3H2,1H3/t9-,10-,11+/m1/s1. The molecule has 0 bridgehead atoms. The van der Waals surface area contributed by atoms with Gasteiger partial charge in [0.15, 0.2) is 12.3 Å². The molecule has 0 saturated heterocycles. The fourth-order valence-electron chi connectivity index (χ4n) is 2.90. The lowest BCUT2D eigenvalue weighted by Gasteiger charge is -2.35. The Hall–Kier alpha value is -1.51. The minimum absolute atomic E-state index is 0.389. The summed E-state index contributed by atoms with van der Waals surface area (Å²) in [7, 11) is 0. The van der Waals surface area contributed by atoms with Gasteiger partial charge in [0.1, 0.15) is 23.7 Å². The van der Waals surface area contributed by atoms with E-state index in [0.29, 0.717) is 6.92 Å². The number of hydrogen-bond donors (Lipinski definition) is 1. The molecule has 0 unspecified atom stereocenters. The Bertz CT molecular complexity index is 624. The van der Waals surface area contributed by atoms with Crippen molar-refractivity contribution in [1.29, 1.82) is 0 Å². The summed E-state index contributed by atoms with van der Waals surface area (Å²) in [5.74, 6) is -6.81. The maximum absolute atomic E-state index is 14.1. The van der Waals surface area contributed by atoms with E-state index in [1.807, 2.05) is 0 Å². The molecule has 128 valence electrons. The third-order valence-corrected chi connectivity index (χ3v) is 4.04. The van der Waals surface area contributed by atoms with E-state index in [1.165, 1.54) is 0 Å². The van der Waals surface area contributed by atoms with Crippen molar-refractivity contribution in [3.05, 3.63) is 23.0 Å². The van der Waals surface area contributed by atoms with Crippen LogP contribution in [0.3, 0.4) is 0 Å². The second-order valence-electron chi connectivity index (χ2n) is 5.98. The first-order valence-corrected chi connectivity index (χ1v) is 6.93. The average Bonchev–Trinajstić information content (AvgIpc) is 2.61. The first-order valence-electron chi connectivity index (χ1n) is 6.93. The van der Waals surface area contributed by atoms with E-state index in [4.69, 9.17) is 4.74 Å². The van der Waals surface area contributed by atoms with Gasteiger partial charge in [-0.1, -0.05) is 0 Å². The van der Waals surface area contributed by atoms with Crippen LogP contribution >= 0.6 is 0 Å². The van der Waals surface area contributed by atoms with Crippen LogP contribution in [-0.2, 0) is 5.92 Å². The highest BCUT2D eigenvalue weighted by molar-refractivity contribution is 5.50. The number of hydrogen-bond acceptors (Lipinski definition) is 3. The molecule has 3 rings (SSSR count). The number of aromatic nitrogens is 1. The summed E-state index contributed by atoms with van der Waals surface area (Å²) < 4.78 is 85.7. The van der Waals surface area contributed by atoms with Gasteiger partial charge in [0.25, 0.3) is 11.8 Å². The molecule has 1 saturated carbocycles. The zero-order valence-electron chi connectivity index (χ0n) is 11.9. The SMILES string of the molecule is CC(F)(F)c1ncc(OC2CC(F)(F)C2)c2c1[C@H](O)[C@H](F)[C@@H]2F. The fourth-order valence-corrected chi connectivity index (χ4v) is 2.90. The lowest BCUT2D eigenvalue weighted by atomic mass is 9.91. The van der Waals surface area contributed by atoms with Crippen molar-refractivity contribution in [3.8, 4) is 5.75 Å². The molecule has 9 heteroatoms. The van der Waals surface area contributed by atoms with Gasteiger partial charge in [0.2, 0.25) is 0 Å². The Morgan fingerprint density at radius 3 is 2.39 bits per heavy atom. The van der Waals surface area contributed by atoms with Gasteiger partial charge in [-0.15, -0.1) is 0 Å². The van der Waals surface area contributed by atoms with Gasteiger partial charge in [0.05, 0.1) is 6.20 Å². The molecule has 1 N–H and O–H groups in total. The molecule has 0 aromatic carbocycles. The first-order chi connectivity index (χ1) is 10.5. The Morgan fingerprint density at radius 1 is 1.26 bits per heavy atom. The maximum atomic E-state index is 14.1. The molecule has 23 heavy (non-hydrogen) atoms. The predicted octanol–water partition coefficient (Wildman–Crippen LogP) is 3.77. The molecule has 1 heterocycles. The largest absolute Gasteiger partial charge is 0.488 e. The van der Waals surface area contributed by atoms with Gasteiger partial charge in [-0.2, -0.15) is 8.78 Å². The average molecular weight is 341 g/mol. The number of halogens is 6. The van der Waals surface area contributed by atoms with Crippen LogP contribution in [0.1, 0.15) is 48.9 Å². The molecule has 2 aliphatic carbocycles. The summed E-state index contributed by atoms with van der Waals surface area (Å²) in [6.45, 7) is 0.480. The molecular weight excluding hydrogens is 328 g/mol. The highest BCUT2D eigenvalue weighted by atomic mass is 19.3. The number of nitrogens with zero attached hydrogens (tertiary/aromatic N) is 1. The molecule has 0 radical (unpaired) electrons. The summed E-state index contributed by atoms with van der Waals surface area (Å²) in [6, 6.07) is 0. The normalized spacial score (nSPS) is 30.0. The predicted molar refractivity (Wildman–Crippen MR) is 66.1 cm³/mol. The highest BCUT2D eigenvalue weighted by Gasteiger charge is 2.50. The number of aliphatic hydroxyl groups is 1. The van der Waals surface area contributed by atoms with Crippen molar-refractivity contribution >= 4 is 0 Å². The lowest BCUT2D eigenvalue weighted by Crippen LogP contribution is -2.43. The van der Waals surface area contributed by atoms with Crippen LogP contribution in [-0.4, -0.2) is 28.3 Å². The van der Waals surface area contributed by atoms with E-state index in [-0.39, 0.29) is 5.75 Å². The van der Waals surface area contributed by atoms with E-state index in [1.54, 1.807) is 0 Å². The summed E-state index contributed by atoms with van der Waals surface area (Å²) in [5.41, 5.74) is -2.19. The summed E-state index contributed by atoms with van der Waals surface area (Å²) in [5, 5.41) is 9.71. The van der Waals surface area contributed by atoms with Crippen LogP contribution in [0.5, 0.6) is 5.75 Å². The Labute approximate surface area is 127 Å². The van der Waals surface area contributed by atoms with Crippen LogP contribution < -0.4 is 4.74 Å². The molecule has 1 aromatic rings. The van der Waals surface area contributed by atoms with Gasteiger partial charge in [-0.05, 0) is 0 Å². The van der Waals surface area contributed by atoms with Crippen molar-refractivity contribution < 1.29 is 36.2 Å². The maximum Gasteiger partial charge on any atom is 0.287 e. The van der Waals surface area contributed by atoms with Crippen molar-refractivity contribution in [1.82, 2.24) is 4.98 Å². The monoisotopic (exact) mass is 341 g/mol. The minimum atomic E-state index is -3.53. The van der Waals surface area contributed by atoms with Crippen LogP contribution in [0.2, 0.25) is 0 Å². The second kappa shape index (κ2) is 4.99. The molecule has 0 spiro atoms. The topological polar surface area (TPSA) is 42.4 Å². The van der Waals surface area contributed by atoms with Crippen LogP contribution in [0.25, 0.3) is 0 Å². The van der Waals surface area contributed by atoms with E-state index in [9.17, 15) is 31.4 Å². The van der Waals surface area contributed by atoms with Crippen LogP contribution in [0.15, 0.2) is 6.20 Å². The van der Waals surface area contributed by atoms with E-state index >= 15 is 0 Å². The molecule has 3 atom stereocenters. The number of rotatable bonds is 3. The Balaban J connectivity index is 2.00. The second-order valence-corrected chi connectivity index (χ2v) is 5.98. The zero-order valence-corrected chi connectivity index (χ0v) is 11.9. The van der Waals surface area contributed by atoms with Gasteiger partial charge in [0, 0.05) is 30.9 Å². The summed E-state index contributed by atoms with van der Waals surface area (Å²) in [6.07, 6.45) is -8.33. The number of ether oxygens (including phenoxy) is 1. The van der Waals surface area contributed by atoms with E-state index in [2.05, 4.69) is 4.98 Å². The van der Waals surface area contributed by atoms with Gasteiger partial charge in [-0.3, -0.25) is 4.98 Å². The van der Waals surface area contributed by atoms with Crippen molar-refractivity contribution in [2.24, 2.45) is 0 Å². The lowest BCUT2D eigenvalue weighted by molar-refractivity contribution is -0.134. The minimum Gasteiger partial charge on any atom is -0.488 e. The summed E-state index contributed by atoms with van der Waals surface area (Å²) in [4.78, 5) is 3.43. The van der Waals surface area contributed by atoms with Gasteiger partial charge in [-0.25, -0.2) is 17.6 Å². The number of alkyl halides is 6. The smallest absolute Gasteiger partial charge is 0.287 e. The highest BCUT2D eigenvalue weighted by Crippen LogP contribution is 2.51. The molecule has 2 aliphatic rings. The molecule has 0 aliphatic heterocycles. The Kier molecular flexibility index (Phi) is 3.55. The van der Waals surface area contributed by atoms with Crippen LogP contribution in [0, 0.1) is 0 Å². The number of fused-ring (bicyclic) bond motifs is 1. The van der Waals surface area contributed by atoms with Crippen molar-refractivity contribution in [3.63, 3.8) is 0 Å². The number of aliphatic hydroxyl groups excluding tert-OH is 1. The first kappa shape index (κ1) is 16.4. The fraction of sp³-hybridized carbons (Fsp3) is 0.643. The molecular formula is C14H13F6NO2. The van der Waals surface area contributed by atoms with E-state index < -0.39 is 66.1 Å². The van der Waals surface area contributed by atoms with Crippen molar-refractivity contribution in [2.45, 2.75) is 56.2 Å². The summed E-state index contributed by atoms with van der Waals surface area (Å²) >= 11 is 0. The van der Waals surface area contributed by atoms with Gasteiger partial charge < -0.3 is 9.84 Å². The number of pyridine rings is 1.